The number of amides is 1. The molecule has 1 aliphatic carbocycles. The van der Waals surface area contributed by atoms with Crippen LogP contribution >= 0.6 is 0 Å². The van der Waals surface area contributed by atoms with Gasteiger partial charge < -0.3 is 15.1 Å². The van der Waals surface area contributed by atoms with Crippen molar-refractivity contribution in [2.75, 3.05) is 58.9 Å². The lowest BCUT2D eigenvalue weighted by Crippen LogP contribution is -2.54. The van der Waals surface area contributed by atoms with Gasteiger partial charge in [0.1, 0.15) is 5.82 Å². The third kappa shape index (κ3) is 4.94. The van der Waals surface area contributed by atoms with Gasteiger partial charge in [0, 0.05) is 51.2 Å². The summed E-state index contributed by atoms with van der Waals surface area (Å²) >= 11 is 0. The molecule has 0 spiro atoms. The Hall–Kier alpha value is -2.15. The van der Waals surface area contributed by atoms with Crippen molar-refractivity contribution < 1.29 is 9.18 Å². The number of guanidine groups is 1. The Morgan fingerprint density at radius 2 is 1.83 bits per heavy atom. The van der Waals surface area contributed by atoms with Crippen LogP contribution in [0.5, 0.6) is 0 Å². The van der Waals surface area contributed by atoms with Crippen molar-refractivity contribution in [2.24, 2.45) is 4.99 Å². The Morgan fingerprint density at radius 3 is 2.47 bits per heavy atom. The Labute approximate surface area is 179 Å². The van der Waals surface area contributed by atoms with Crippen molar-refractivity contribution in [2.45, 2.75) is 38.0 Å². The van der Waals surface area contributed by atoms with Crippen LogP contribution in [-0.2, 0) is 10.2 Å². The first-order chi connectivity index (χ1) is 14.6. The number of nitrogens with zero attached hydrogens (tertiary/aromatic N) is 4. The number of piperazine rings is 1. The third-order valence-corrected chi connectivity index (χ3v) is 6.65. The van der Waals surface area contributed by atoms with Gasteiger partial charge in [0.15, 0.2) is 5.96 Å². The predicted molar refractivity (Wildman–Crippen MR) is 117 cm³/mol. The van der Waals surface area contributed by atoms with E-state index in [1.54, 1.807) is 12.1 Å². The zero-order valence-electron chi connectivity index (χ0n) is 18.1. The van der Waals surface area contributed by atoms with E-state index >= 15 is 0 Å². The summed E-state index contributed by atoms with van der Waals surface area (Å²) in [5.74, 6) is 1.03. The summed E-state index contributed by atoms with van der Waals surface area (Å²) in [6.07, 6.45) is 4.40. The van der Waals surface area contributed by atoms with Crippen LogP contribution in [0.25, 0.3) is 0 Å². The van der Waals surface area contributed by atoms with Gasteiger partial charge in [-0.3, -0.25) is 14.7 Å². The highest BCUT2D eigenvalue weighted by atomic mass is 19.1. The Bertz CT molecular complexity index is 765. The fourth-order valence-corrected chi connectivity index (χ4v) is 4.53. The number of aliphatic imine (C=N–C) groups is 1. The normalized spacial score (nSPS) is 21.7. The predicted octanol–water partition coefficient (Wildman–Crippen LogP) is 2.06. The molecule has 0 bridgehead atoms. The molecule has 1 N–H and O–H groups in total. The molecule has 0 atom stereocenters. The van der Waals surface area contributed by atoms with Gasteiger partial charge in [0.25, 0.3) is 0 Å². The van der Waals surface area contributed by atoms with Crippen molar-refractivity contribution in [3.8, 4) is 0 Å². The van der Waals surface area contributed by atoms with Crippen molar-refractivity contribution in [3.63, 3.8) is 0 Å². The molecule has 164 valence electrons. The third-order valence-electron chi connectivity index (χ3n) is 6.65. The van der Waals surface area contributed by atoms with Crippen LogP contribution in [0.3, 0.4) is 0 Å². The van der Waals surface area contributed by atoms with Crippen LogP contribution in [0.1, 0.15) is 38.2 Å². The van der Waals surface area contributed by atoms with Gasteiger partial charge >= 0.3 is 0 Å². The number of hydrogen-bond donors (Lipinski definition) is 1. The molecule has 6 nitrogen and oxygen atoms in total. The minimum atomic E-state index is -0.172. The van der Waals surface area contributed by atoms with Crippen LogP contribution in [0.15, 0.2) is 29.3 Å². The van der Waals surface area contributed by atoms with E-state index in [9.17, 15) is 9.18 Å². The van der Waals surface area contributed by atoms with E-state index in [0.717, 1.165) is 83.0 Å². The second-order valence-corrected chi connectivity index (χ2v) is 8.81. The molecule has 7 heteroatoms. The molecule has 1 aromatic rings. The second kappa shape index (κ2) is 9.33. The van der Waals surface area contributed by atoms with Gasteiger partial charge in [0.2, 0.25) is 5.91 Å². The fourth-order valence-electron chi connectivity index (χ4n) is 4.53. The molecule has 2 saturated heterocycles. The molecule has 1 aromatic carbocycles. The summed E-state index contributed by atoms with van der Waals surface area (Å²) in [5, 5.41) is 3.42. The van der Waals surface area contributed by atoms with Crippen LogP contribution in [0.2, 0.25) is 0 Å². The van der Waals surface area contributed by atoms with E-state index in [1.807, 2.05) is 11.0 Å². The van der Waals surface area contributed by atoms with E-state index in [2.05, 4.69) is 22.0 Å². The molecule has 1 saturated carbocycles. The molecular formula is C23H34FN5O. The maximum atomic E-state index is 13.7. The summed E-state index contributed by atoms with van der Waals surface area (Å²) < 4.78 is 13.7. The van der Waals surface area contributed by atoms with E-state index in [-0.39, 0.29) is 17.1 Å². The van der Waals surface area contributed by atoms with Crippen LogP contribution in [0, 0.1) is 5.82 Å². The van der Waals surface area contributed by atoms with Gasteiger partial charge in [-0.2, -0.15) is 0 Å². The number of rotatable bonds is 6. The smallest absolute Gasteiger partial charge is 0.236 e. The highest BCUT2D eigenvalue weighted by molar-refractivity contribution is 5.80. The van der Waals surface area contributed by atoms with Gasteiger partial charge in [-0.25, -0.2) is 4.39 Å². The van der Waals surface area contributed by atoms with Crippen LogP contribution in [-0.4, -0.2) is 85.5 Å². The molecule has 3 aliphatic rings. The molecule has 0 aromatic heterocycles. The molecule has 30 heavy (non-hydrogen) atoms. The number of carbonyl (C=O) groups excluding carboxylic acids is 1. The van der Waals surface area contributed by atoms with Crippen molar-refractivity contribution in [3.05, 3.63) is 35.6 Å². The highest BCUT2D eigenvalue weighted by Crippen LogP contribution is 2.48. The minimum Gasteiger partial charge on any atom is -0.357 e. The second-order valence-electron chi connectivity index (χ2n) is 8.81. The lowest BCUT2D eigenvalue weighted by molar-refractivity contribution is -0.131. The SMILES string of the molecule is CCNC(=NCC1(c2cccc(F)c2)CC1)N1CCN(CC(=O)N2CCCC2)CC1. The standard InChI is InChI=1S/C23H34FN5O/c1-2-25-22(26-18-23(8-9-23)19-6-5-7-20(24)16-19)29-14-12-27(13-15-29)17-21(30)28-10-3-4-11-28/h5-7,16H,2-4,8-15,17-18H2,1H3,(H,25,26). The summed E-state index contributed by atoms with van der Waals surface area (Å²) in [6.45, 7) is 9.44. The summed E-state index contributed by atoms with van der Waals surface area (Å²) in [5.41, 5.74) is 1.06. The van der Waals surface area contributed by atoms with E-state index in [4.69, 9.17) is 4.99 Å². The average molecular weight is 416 g/mol. The van der Waals surface area contributed by atoms with Gasteiger partial charge in [0.05, 0.1) is 13.1 Å². The van der Waals surface area contributed by atoms with E-state index in [0.29, 0.717) is 13.1 Å². The van der Waals surface area contributed by atoms with Gasteiger partial charge in [-0.15, -0.1) is 0 Å². The Balaban J connectivity index is 1.33. The Kier molecular flexibility index (Phi) is 6.56. The summed E-state index contributed by atoms with van der Waals surface area (Å²) in [7, 11) is 0. The van der Waals surface area contributed by atoms with Crippen LogP contribution in [0.4, 0.5) is 4.39 Å². The molecule has 0 unspecified atom stereocenters. The van der Waals surface area contributed by atoms with E-state index in [1.165, 1.54) is 6.07 Å². The zero-order chi connectivity index (χ0) is 21.0. The highest BCUT2D eigenvalue weighted by Gasteiger charge is 2.44. The maximum Gasteiger partial charge on any atom is 0.236 e. The number of nitrogens with one attached hydrogen (secondary N) is 1. The number of carbonyl (C=O) groups is 1. The molecule has 4 rings (SSSR count). The average Bonchev–Trinajstić information content (AvgIpc) is 3.34. The quantitative estimate of drug-likeness (QED) is 0.571. The largest absolute Gasteiger partial charge is 0.357 e. The van der Waals surface area contributed by atoms with E-state index < -0.39 is 0 Å². The van der Waals surface area contributed by atoms with Crippen molar-refractivity contribution in [1.29, 1.82) is 0 Å². The number of benzene rings is 1. The lowest BCUT2D eigenvalue weighted by Gasteiger charge is -2.36. The van der Waals surface area contributed by atoms with Gasteiger partial charge in [-0.1, -0.05) is 12.1 Å². The van der Waals surface area contributed by atoms with Crippen molar-refractivity contribution in [1.82, 2.24) is 20.0 Å². The number of halogens is 1. The monoisotopic (exact) mass is 415 g/mol. The molecule has 2 aliphatic heterocycles. The zero-order valence-corrected chi connectivity index (χ0v) is 18.1. The van der Waals surface area contributed by atoms with Gasteiger partial charge in [-0.05, 0) is 50.3 Å². The number of hydrogen-bond acceptors (Lipinski definition) is 3. The summed E-state index contributed by atoms with van der Waals surface area (Å²) in [4.78, 5) is 23.9. The fraction of sp³-hybridized carbons (Fsp3) is 0.652. The minimum absolute atomic E-state index is 0.00720. The lowest BCUT2D eigenvalue weighted by atomic mass is 9.96. The maximum absolute atomic E-state index is 13.7. The summed E-state index contributed by atoms with van der Waals surface area (Å²) in [6, 6.07) is 6.98. The first-order valence-corrected chi connectivity index (χ1v) is 11.4. The molecular weight excluding hydrogens is 381 g/mol. The molecule has 0 radical (unpaired) electrons. The van der Waals surface area contributed by atoms with Crippen LogP contribution < -0.4 is 5.32 Å². The van der Waals surface area contributed by atoms with Crippen molar-refractivity contribution >= 4 is 11.9 Å². The topological polar surface area (TPSA) is 51.2 Å². The molecule has 2 heterocycles. The number of likely N-dealkylation sites (tertiary alicyclic amines) is 1. The molecule has 3 fully saturated rings. The first-order valence-electron chi connectivity index (χ1n) is 11.4. The Morgan fingerprint density at radius 1 is 1.10 bits per heavy atom. The first kappa shape index (κ1) is 21.1. The molecule has 1 amide bonds.